The number of carbonyl (C=O) groups excluding carboxylic acids is 1. The van der Waals surface area contributed by atoms with Gasteiger partial charge in [-0.15, -0.1) is 0 Å². The zero-order valence-electron chi connectivity index (χ0n) is 15.1. The summed E-state index contributed by atoms with van der Waals surface area (Å²) in [6.45, 7) is 1.04. The van der Waals surface area contributed by atoms with Crippen LogP contribution in [-0.4, -0.2) is 34.3 Å². The van der Waals surface area contributed by atoms with Crippen molar-refractivity contribution in [2.75, 3.05) is 18.6 Å². The summed E-state index contributed by atoms with van der Waals surface area (Å²) in [6, 6.07) is 14.9. The van der Waals surface area contributed by atoms with E-state index in [9.17, 15) is 4.79 Å². The molecule has 4 aromatic rings. The summed E-state index contributed by atoms with van der Waals surface area (Å²) in [7, 11) is 1.64. The third-order valence-corrected chi connectivity index (χ3v) is 5.83. The maximum atomic E-state index is 13.2. The summed E-state index contributed by atoms with van der Waals surface area (Å²) in [4.78, 5) is 19.6. The third kappa shape index (κ3) is 3.93. The Hall–Kier alpha value is -2.71. The lowest BCUT2D eigenvalue weighted by molar-refractivity contribution is 0.0986. The predicted molar refractivity (Wildman–Crippen MR) is 114 cm³/mol. The Morgan fingerprint density at radius 3 is 2.79 bits per heavy atom. The van der Waals surface area contributed by atoms with Crippen molar-refractivity contribution < 1.29 is 9.53 Å². The van der Waals surface area contributed by atoms with Gasteiger partial charge in [0, 0.05) is 29.0 Å². The van der Waals surface area contributed by atoms with Crippen molar-refractivity contribution in [2.45, 2.75) is 6.54 Å². The van der Waals surface area contributed by atoms with Crippen molar-refractivity contribution >= 4 is 48.5 Å². The summed E-state index contributed by atoms with van der Waals surface area (Å²) in [5.41, 5.74) is 1.45. The lowest BCUT2D eigenvalue weighted by Crippen LogP contribution is -2.34. The van der Waals surface area contributed by atoms with Crippen LogP contribution < -0.4 is 9.64 Å². The highest BCUT2D eigenvalue weighted by molar-refractivity contribution is 9.10. The van der Waals surface area contributed by atoms with Crippen molar-refractivity contribution in [2.24, 2.45) is 0 Å². The van der Waals surface area contributed by atoms with E-state index in [4.69, 9.17) is 4.74 Å². The first-order chi connectivity index (χ1) is 13.6. The first-order valence-electron chi connectivity index (χ1n) is 8.63. The zero-order valence-corrected chi connectivity index (χ0v) is 17.5. The smallest absolute Gasteiger partial charge is 0.260 e. The molecule has 0 saturated carbocycles. The average molecular weight is 457 g/mol. The Morgan fingerprint density at radius 1 is 1.25 bits per heavy atom. The minimum Gasteiger partial charge on any atom is -0.497 e. The van der Waals surface area contributed by atoms with E-state index >= 15 is 0 Å². The molecule has 0 saturated heterocycles. The number of fused-ring (bicyclic) bond motifs is 1. The number of aromatic nitrogens is 3. The summed E-state index contributed by atoms with van der Waals surface area (Å²) >= 11 is 4.88. The van der Waals surface area contributed by atoms with Gasteiger partial charge in [-0.25, -0.2) is 4.98 Å². The fraction of sp³-hybridized carbons (Fsp3) is 0.150. The largest absolute Gasteiger partial charge is 0.497 e. The second-order valence-electron chi connectivity index (χ2n) is 6.06. The molecule has 142 valence electrons. The molecule has 0 radical (unpaired) electrons. The molecule has 0 fully saturated rings. The minimum absolute atomic E-state index is 0.0920. The third-order valence-electron chi connectivity index (χ3n) is 4.26. The monoisotopic (exact) mass is 456 g/mol. The average Bonchev–Trinajstić information content (AvgIpc) is 3.37. The van der Waals surface area contributed by atoms with E-state index in [0.717, 1.165) is 20.4 Å². The molecule has 2 aromatic carbocycles. The van der Waals surface area contributed by atoms with Crippen LogP contribution in [0.4, 0.5) is 5.13 Å². The van der Waals surface area contributed by atoms with Gasteiger partial charge in [0.15, 0.2) is 5.13 Å². The molecule has 0 aliphatic carbocycles. The Balaban J connectivity index is 1.69. The van der Waals surface area contributed by atoms with Gasteiger partial charge in [0.1, 0.15) is 5.75 Å². The minimum atomic E-state index is -0.0920. The number of hydrogen-bond acceptors (Lipinski definition) is 5. The van der Waals surface area contributed by atoms with E-state index in [1.54, 1.807) is 22.9 Å². The van der Waals surface area contributed by atoms with Crippen LogP contribution in [0.25, 0.3) is 10.2 Å². The standard InChI is InChI=1S/C20H17BrN4O2S/c1-27-16-7-8-17-18(13-16)28-20(23-17)25(12-11-24-10-2-9-22-24)19(26)14-3-5-15(21)6-4-14/h2-10,13H,11-12H2,1H3. The molecule has 8 heteroatoms. The van der Waals surface area contributed by atoms with Crippen LogP contribution in [-0.2, 0) is 6.54 Å². The topological polar surface area (TPSA) is 60.2 Å². The zero-order chi connectivity index (χ0) is 19.5. The molecule has 1 amide bonds. The molecule has 2 heterocycles. The maximum Gasteiger partial charge on any atom is 0.260 e. The first-order valence-corrected chi connectivity index (χ1v) is 10.2. The fourth-order valence-corrected chi connectivity index (χ4v) is 4.09. The molecule has 4 rings (SSSR count). The van der Waals surface area contributed by atoms with Crippen LogP contribution in [0.5, 0.6) is 5.75 Å². The van der Waals surface area contributed by atoms with E-state index in [0.29, 0.717) is 23.8 Å². The number of amides is 1. The van der Waals surface area contributed by atoms with E-state index in [1.165, 1.54) is 11.3 Å². The van der Waals surface area contributed by atoms with Crippen LogP contribution in [0, 0.1) is 0 Å². The van der Waals surface area contributed by atoms with Gasteiger partial charge in [-0.3, -0.25) is 14.4 Å². The van der Waals surface area contributed by atoms with Gasteiger partial charge < -0.3 is 4.74 Å². The van der Waals surface area contributed by atoms with Gasteiger partial charge >= 0.3 is 0 Å². The second-order valence-corrected chi connectivity index (χ2v) is 7.99. The molecule has 0 aliphatic heterocycles. The highest BCUT2D eigenvalue weighted by Crippen LogP contribution is 2.32. The molecular formula is C20H17BrN4O2S. The number of hydrogen-bond donors (Lipinski definition) is 0. The van der Waals surface area contributed by atoms with Crippen LogP contribution in [0.3, 0.4) is 0 Å². The predicted octanol–water partition coefficient (Wildman–Crippen LogP) is 4.61. The second kappa shape index (κ2) is 8.12. The first kappa shape index (κ1) is 18.6. The molecule has 28 heavy (non-hydrogen) atoms. The molecule has 6 nitrogen and oxygen atoms in total. The summed E-state index contributed by atoms with van der Waals surface area (Å²) in [6.07, 6.45) is 3.61. The SMILES string of the molecule is COc1ccc2nc(N(CCn3cccn3)C(=O)c3ccc(Br)cc3)sc2c1. The molecule has 0 spiro atoms. The molecule has 2 aromatic heterocycles. The summed E-state index contributed by atoms with van der Waals surface area (Å²) < 4.78 is 9.01. The van der Waals surface area contributed by atoms with Gasteiger partial charge in [-0.1, -0.05) is 27.3 Å². The number of methoxy groups -OCH3 is 1. The van der Waals surface area contributed by atoms with Crippen LogP contribution in [0.15, 0.2) is 65.4 Å². The van der Waals surface area contributed by atoms with Crippen molar-refractivity contribution in [1.29, 1.82) is 0 Å². The number of anilines is 1. The molecule has 0 aliphatic rings. The van der Waals surface area contributed by atoms with Gasteiger partial charge in [-0.2, -0.15) is 5.10 Å². The van der Waals surface area contributed by atoms with E-state index in [1.807, 2.05) is 54.7 Å². The molecule has 0 atom stereocenters. The lowest BCUT2D eigenvalue weighted by Gasteiger charge is -2.20. The van der Waals surface area contributed by atoms with Crippen LogP contribution in [0.1, 0.15) is 10.4 Å². The maximum absolute atomic E-state index is 13.2. The van der Waals surface area contributed by atoms with Crippen molar-refractivity contribution in [3.05, 3.63) is 71.0 Å². The van der Waals surface area contributed by atoms with Crippen LogP contribution in [0.2, 0.25) is 0 Å². The number of carbonyl (C=O) groups is 1. The highest BCUT2D eigenvalue weighted by atomic mass is 79.9. The van der Waals surface area contributed by atoms with Gasteiger partial charge in [0.2, 0.25) is 0 Å². The van der Waals surface area contributed by atoms with Crippen LogP contribution >= 0.6 is 27.3 Å². The molecular weight excluding hydrogens is 440 g/mol. The van der Waals surface area contributed by atoms with Gasteiger partial charge in [0.25, 0.3) is 5.91 Å². The Kier molecular flexibility index (Phi) is 5.40. The number of benzene rings is 2. The summed E-state index contributed by atoms with van der Waals surface area (Å²) in [5.74, 6) is 0.677. The Bertz CT molecular complexity index is 1090. The normalized spacial score (nSPS) is 10.9. The Morgan fingerprint density at radius 2 is 2.07 bits per heavy atom. The van der Waals surface area contributed by atoms with Crippen molar-refractivity contribution in [3.8, 4) is 5.75 Å². The molecule has 0 unspecified atom stereocenters. The quantitative estimate of drug-likeness (QED) is 0.424. The van der Waals surface area contributed by atoms with E-state index in [-0.39, 0.29) is 5.91 Å². The number of halogens is 1. The number of thiazole rings is 1. The van der Waals surface area contributed by atoms with Gasteiger partial charge in [0.05, 0.1) is 23.9 Å². The van der Waals surface area contributed by atoms with E-state index < -0.39 is 0 Å². The fourth-order valence-electron chi connectivity index (χ4n) is 2.80. The highest BCUT2D eigenvalue weighted by Gasteiger charge is 2.21. The van der Waals surface area contributed by atoms with Crippen molar-refractivity contribution in [1.82, 2.24) is 14.8 Å². The molecule has 0 N–H and O–H groups in total. The summed E-state index contributed by atoms with van der Waals surface area (Å²) in [5, 5.41) is 4.89. The van der Waals surface area contributed by atoms with E-state index in [2.05, 4.69) is 26.0 Å². The number of ether oxygens (including phenoxy) is 1. The van der Waals surface area contributed by atoms with Gasteiger partial charge in [-0.05, 0) is 48.5 Å². The lowest BCUT2D eigenvalue weighted by atomic mass is 10.2. The van der Waals surface area contributed by atoms with Crippen molar-refractivity contribution in [3.63, 3.8) is 0 Å². The number of rotatable bonds is 6. The Labute approximate surface area is 174 Å². The molecule has 0 bridgehead atoms. The number of nitrogens with zero attached hydrogens (tertiary/aromatic N) is 4.